The van der Waals surface area contributed by atoms with Crippen LogP contribution in [0, 0.1) is 18.3 Å². The summed E-state index contributed by atoms with van der Waals surface area (Å²) >= 11 is 6.05. The van der Waals surface area contributed by atoms with E-state index in [2.05, 4.69) is 15.1 Å². The zero-order valence-electron chi connectivity index (χ0n) is 16.4. The van der Waals surface area contributed by atoms with E-state index < -0.39 is 10.0 Å². The Kier molecular flexibility index (Phi) is 7.43. The van der Waals surface area contributed by atoms with Crippen molar-refractivity contribution in [2.45, 2.75) is 20.4 Å². The molecule has 0 spiro atoms. The average molecular weight is 426 g/mol. The van der Waals surface area contributed by atoms with Crippen LogP contribution in [-0.4, -0.2) is 60.8 Å². The lowest BCUT2D eigenvalue weighted by molar-refractivity contribution is 0.256. The number of ether oxygens (including phenoxy) is 1. The van der Waals surface area contributed by atoms with Gasteiger partial charge in [-0.1, -0.05) is 18.5 Å². The van der Waals surface area contributed by atoms with Crippen LogP contribution in [0.4, 0.5) is 0 Å². The lowest BCUT2D eigenvalue weighted by Crippen LogP contribution is -2.35. The van der Waals surface area contributed by atoms with Gasteiger partial charge in [-0.25, -0.2) is 12.7 Å². The van der Waals surface area contributed by atoms with Crippen LogP contribution in [-0.2, 0) is 16.6 Å². The molecule has 1 aromatic heterocycles. The van der Waals surface area contributed by atoms with Crippen molar-refractivity contribution in [3.8, 4) is 17.6 Å². The number of benzene rings is 1. The summed E-state index contributed by atoms with van der Waals surface area (Å²) in [5.74, 6) is 1.02. The Bertz CT molecular complexity index is 968. The fourth-order valence-corrected chi connectivity index (χ4v) is 3.16. The average Bonchev–Trinajstić information content (AvgIpc) is 2.96. The van der Waals surface area contributed by atoms with Crippen LogP contribution in [0.2, 0.25) is 5.02 Å². The smallest absolute Gasteiger partial charge is 0.210 e. The number of nitrogens with one attached hydrogen (secondary N) is 1. The van der Waals surface area contributed by atoms with Gasteiger partial charge in [0.15, 0.2) is 5.75 Å². The minimum absolute atomic E-state index is 0.381. The quantitative estimate of drug-likeness (QED) is 0.662. The summed E-state index contributed by atoms with van der Waals surface area (Å²) in [4.78, 5) is 2.07. The third-order valence-electron chi connectivity index (χ3n) is 4.30. The van der Waals surface area contributed by atoms with Crippen molar-refractivity contribution in [2.24, 2.45) is 0 Å². The van der Waals surface area contributed by atoms with Gasteiger partial charge in [0, 0.05) is 31.7 Å². The summed E-state index contributed by atoms with van der Waals surface area (Å²) < 4.78 is 30.4. The molecule has 8 nitrogen and oxygen atoms in total. The highest BCUT2D eigenvalue weighted by Crippen LogP contribution is 2.30. The number of sulfonamides is 1. The molecule has 2 rings (SSSR count). The van der Waals surface area contributed by atoms with E-state index in [0.29, 0.717) is 47.4 Å². The first-order chi connectivity index (χ1) is 13.1. The van der Waals surface area contributed by atoms with Gasteiger partial charge in [-0.3, -0.25) is 10.00 Å². The monoisotopic (exact) mass is 425 g/mol. The molecule has 0 saturated heterocycles. The van der Waals surface area contributed by atoms with E-state index in [1.165, 1.54) is 10.6 Å². The minimum Gasteiger partial charge on any atom is -0.453 e. The number of likely N-dealkylation sites (N-methyl/N-ethyl adjacent to an activating group) is 2. The zero-order chi connectivity index (χ0) is 20.9. The van der Waals surface area contributed by atoms with Gasteiger partial charge in [-0.2, -0.15) is 10.4 Å². The van der Waals surface area contributed by atoms with E-state index in [1.807, 2.05) is 19.9 Å². The summed E-state index contributed by atoms with van der Waals surface area (Å²) in [5.41, 5.74) is 1.85. The van der Waals surface area contributed by atoms with Crippen molar-refractivity contribution in [2.75, 3.05) is 32.9 Å². The molecule has 1 heterocycles. The third kappa shape index (κ3) is 5.94. The Balaban J connectivity index is 2.15. The van der Waals surface area contributed by atoms with Gasteiger partial charge < -0.3 is 4.74 Å². The highest BCUT2D eigenvalue weighted by molar-refractivity contribution is 7.88. The predicted octanol–water partition coefficient (Wildman–Crippen LogP) is 2.75. The van der Waals surface area contributed by atoms with Crippen molar-refractivity contribution in [1.29, 1.82) is 5.26 Å². The molecule has 10 heteroatoms. The van der Waals surface area contributed by atoms with E-state index in [4.69, 9.17) is 21.6 Å². The number of hydrogen-bond acceptors (Lipinski definition) is 6. The zero-order valence-corrected chi connectivity index (χ0v) is 17.9. The van der Waals surface area contributed by atoms with Gasteiger partial charge in [0.25, 0.3) is 0 Å². The number of aryl methyl sites for hydroxylation is 1. The Morgan fingerprint density at radius 2 is 2.04 bits per heavy atom. The molecule has 152 valence electrons. The topological polar surface area (TPSA) is 102 Å². The maximum absolute atomic E-state index is 11.6. The molecule has 28 heavy (non-hydrogen) atoms. The van der Waals surface area contributed by atoms with Gasteiger partial charge in [-0.05, 0) is 31.7 Å². The lowest BCUT2D eigenvalue weighted by atomic mass is 10.2. The highest BCUT2D eigenvalue weighted by Gasteiger charge is 2.18. The largest absolute Gasteiger partial charge is 0.453 e. The van der Waals surface area contributed by atoms with Crippen molar-refractivity contribution >= 4 is 21.6 Å². The molecule has 0 saturated carbocycles. The van der Waals surface area contributed by atoms with E-state index in [0.717, 1.165) is 12.2 Å². The van der Waals surface area contributed by atoms with Crippen molar-refractivity contribution in [1.82, 2.24) is 19.4 Å². The molecular formula is C18H24ClN5O3S. The van der Waals surface area contributed by atoms with Gasteiger partial charge in [0.05, 0.1) is 23.6 Å². The SMILES string of the molecule is CCN(CCN(C)S(C)(=O)=O)Cc1n[nH]c(C)c1Oc1cc(Cl)cc(C#N)c1. The molecule has 0 aliphatic rings. The Morgan fingerprint density at radius 1 is 1.32 bits per heavy atom. The molecule has 1 N–H and O–H groups in total. The molecule has 0 radical (unpaired) electrons. The summed E-state index contributed by atoms with van der Waals surface area (Å²) in [5, 5.41) is 16.7. The van der Waals surface area contributed by atoms with Gasteiger partial charge in [-0.15, -0.1) is 0 Å². The van der Waals surface area contributed by atoms with E-state index in [9.17, 15) is 8.42 Å². The second-order valence-electron chi connectivity index (χ2n) is 6.47. The first-order valence-corrected chi connectivity index (χ1v) is 10.9. The fraction of sp³-hybridized carbons (Fsp3) is 0.444. The van der Waals surface area contributed by atoms with Gasteiger partial charge in [0.1, 0.15) is 11.4 Å². The Morgan fingerprint density at radius 3 is 2.64 bits per heavy atom. The highest BCUT2D eigenvalue weighted by atomic mass is 35.5. The number of halogens is 1. The number of rotatable bonds is 9. The molecule has 1 aromatic carbocycles. The minimum atomic E-state index is -3.21. The summed E-state index contributed by atoms with van der Waals surface area (Å²) in [6.07, 6.45) is 1.19. The first kappa shape index (κ1) is 22.2. The molecule has 0 amide bonds. The molecule has 0 aliphatic carbocycles. The van der Waals surface area contributed by atoms with Gasteiger partial charge >= 0.3 is 0 Å². The summed E-state index contributed by atoms with van der Waals surface area (Å²) in [6.45, 7) is 5.98. The van der Waals surface area contributed by atoms with E-state index in [1.54, 1.807) is 25.2 Å². The van der Waals surface area contributed by atoms with Crippen LogP contribution in [0.15, 0.2) is 18.2 Å². The standard InChI is InChI=1S/C18H24ClN5O3S/c1-5-24(7-6-23(3)28(4,25)26)12-17-18(13(2)21-22-17)27-16-9-14(11-20)8-15(19)10-16/h8-10H,5-7,12H2,1-4H3,(H,21,22). The number of nitriles is 1. The number of aromatic amines is 1. The maximum Gasteiger partial charge on any atom is 0.210 e. The Hall–Kier alpha value is -2.12. The van der Waals surface area contributed by atoms with Crippen molar-refractivity contribution in [3.05, 3.63) is 40.2 Å². The number of nitrogens with zero attached hydrogens (tertiary/aromatic N) is 4. The molecule has 0 bridgehead atoms. The van der Waals surface area contributed by atoms with Crippen LogP contribution in [0.25, 0.3) is 0 Å². The van der Waals surface area contributed by atoms with Crippen LogP contribution in [0.3, 0.4) is 0 Å². The molecule has 0 unspecified atom stereocenters. The maximum atomic E-state index is 11.6. The summed E-state index contributed by atoms with van der Waals surface area (Å²) in [6, 6.07) is 6.86. The number of H-pyrrole nitrogens is 1. The normalized spacial score (nSPS) is 11.8. The van der Waals surface area contributed by atoms with Crippen LogP contribution < -0.4 is 4.74 Å². The van der Waals surface area contributed by atoms with Crippen molar-refractivity contribution < 1.29 is 13.2 Å². The van der Waals surface area contributed by atoms with Crippen LogP contribution >= 0.6 is 11.6 Å². The van der Waals surface area contributed by atoms with Crippen LogP contribution in [0.1, 0.15) is 23.9 Å². The molecule has 0 atom stereocenters. The third-order valence-corrected chi connectivity index (χ3v) is 5.83. The molecule has 0 aliphatic heterocycles. The van der Waals surface area contributed by atoms with Crippen LogP contribution in [0.5, 0.6) is 11.5 Å². The number of hydrogen-bond donors (Lipinski definition) is 1. The molecule has 0 fully saturated rings. The lowest BCUT2D eigenvalue weighted by Gasteiger charge is -2.23. The van der Waals surface area contributed by atoms with E-state index in [-0.39, 0.29) is 0 Å². The van der Waals surface area contributed by atoms with Gasteiger partial charge in [0.2, 0.25) is 10.0 Å². The van der Waals surface area contributed by atoms with E-state index >= 15 is 0 Å². The second kappa shape index (κ2) is 9.39. The van der Waals surface area contributed by atoms with Crippen molar-refractivity contribution in [3.63, 3.8) is 0 Å². The molecular weight excluding hydrogens is 402 g/mol. The second-order valence-corrected chi connectivity index (χ2v) is 8.99. The Labute approximate surface area is 170 Å². The molecule has 2 aromatic rings. The predicted molar refractivity (Wildman–Crippen MR) is 108 cm³/mol. The number of aromatic nitrogens is 2. The fourth-order valence-electron chi connectivity index (χ4n) is 2.52. The summed E-state index contributed by atoms with van der Waals surface area (Å²) in [7, 11) is -1.66. The first-order valence-electron chi connectivity index (χ1n) is 8.70.